The molecule has 2 unspecified atom stereocenters. The van der Waals surface area contributed by atoms with Crippen molar-refractivity contribution in [3.8, 4) is 0 Å². The van der Waals surface area contributed by atoms with E-state index in [1.807, 2.05) is 18.3 Å². The zero-order valence-corrected chi connectivity index (χ0v) is 20.4. The second-order valence-corrected chi connectivity index (χ2v) is 11.5. The summed E-state index contributed by atoms with van der Waals surface area (Å²) in [4.78, 5) is 4.77. The number of aromatic nitrogens is 3. The third-order valence-corrected chi connectivity index (χ3v) is 9.66. The fraction of sp³-hybridized carbons (Fsp3) is 0.704. The number of hydrogen-bond acceptors (Lipinski definition) is 4. The Labute approximate surface area is 204 Å². The molecule has 2 aliphatic heterocycles. The molecule has 2 aliphatic carbocycles. The van der Waals surface area contributed by atoms with Gasteiger partial charge in [-0.25, -0.2) is 0 Å². The Morgan fingerprint density at radius 3 is 2.63 bits per heavy atom. The zero-order chi connectivity index (χ0) is 24.3. The van der Waals surface area contributed by atoms with Gasteiger partial charge in [-0.3, -0.25) is 9.67 Å². The van der Waals surface area contributed by atoms with Crippen molar-refractivity contribution in [1.29, 1.82) is 0 Å². The molecule has 1 saturated heterocycles. The Kier molecular flexibility index (Phi) is 5.57. The van der Waals surface area contributed by atoms with Gasteiger partial charge < -0.3 is 10.1 Å². The van der Waals surface area contributed by atoms with Crippen molar-refractivity contribution < 1.29 is 17.9 Å². The molecule has 0 aromatic carbocycles. The van der Waals surface area contributed by atoms with Gasteiger partial charge >= 0.3 is 6.18 Å². The first-order valence-electron chi connectivity index (χ1n) is 13.2. The lowest BCUT2D eigenvalue weighted by Gasteiger charge is -2.46. The average Bonchev–Trinajstić information content (AvgIpc) is 3.21. The predicted octanol–water partition coefficient (Wildman–Crippen LogP) is 5.89. The van der Waals surface area contributed by atoms with Gasteiger partial charge in [0.2, 0.25) is 0 Å². The highest BCUT2D eigenvalue weighted by Crippen LogP contribution is 2.70. The molecule has 35 heavy (non-hydrogen) atoms. The molecule has 3 fully saturated rings. The lowest BCUT2D eigenvalue weighted by molar-refractivity contribution is -0.205. The number of alkyl halides is 3. The Morgan fingerprint density at radius 1 is 1.14 bits per heavy atom. The second kappa shape index (κ2) is 8.30. The van der Waals surface area contributed by atoms with Gasteiger partial charge in [-0.1, -0.05) is 25.8 Å². The predicted molar refractivity (Wildman–Crippen MR) is 126 cm³/mol. The molecule has 2 aromatic rings. The molecule has 5 atom stereocenters. The molecule has 4 aliphatic rings. The monoisotopic (exact) mass is 488 g/mol. The van der Waals surface area contributed by atoms with E-state index in [9.17, 15) is 13.2 Å². The SMILES string of the molecule is CC1CC1([C@@H]1C[C@@H](NCC[C@@]2(c3ccccn3)CCOC3(CCCC3)C2)c2ccnn21)C(F)(F)F. The number of pyridine rings is 1. The van der Waals surface area contributed by atoms with E-state index in [1.54, 1.807) is 17.8 Å². The van der Waals surface area contributed by atoms with E-state index in [-0.39, 0.29) is 29.4 Å². The van der Waals surface area contributed by atoms with Gasteiger partial charge in [0.15, 0.2) is 0 Å². The number of nitrogens with zero attached hydrogens (tertiary/aromatic N) is 3. The third kappa shape index (κ3) is 3.74. The van der Waals surface area contributed by atoms with Crippen molar-refractivity contribution in [2.45, 2.75) is 94.0 Å². The molecule has 190 valence electrons. The summed E-state index contributed by atoms with van der Waals surface area (Å²) in [6, 6.07) is 7.28. The minimum Gasteiger partial charge on any atom is -0.375 e. The van der Waals surface area contributed by atoms with E-state index >= 15 is 0 Å². The maximum Gasteiger partial charge on any atom is 0.396 e. The molecule has 0 bridgehead atoms. The largest absolute Gasteiger partial charge is 0.396 e. The van der Waals surface area contributed by atoms with Crippen LogP contribution in [0, 0.1) is 11.3 Å². The van der Waals surface area contributed by atoms with Crippen molar-refractivity contribution in [2.75, 3.05) is 13.2 Å². The standard InChI is InChI=1S/C27H35F3N4O/c1-19-17-26(19,27(28,29)30)23-16-20(21-7-13-33-34(21)23)31-14-10-24(22-6-2-5-12-32-22)11-15-35-25(18-24)8-3-4-9-25/h2,5-7,12-13,19-20,23,31H,3-4,8-11,14-18H2,1H3/t19?,20-,23+,24-,26?/m1/s1. The van der Waals surface area contributed by atoms with Gasteiger partial charge in [-0.2, -0.15) is 18.3 Å². The van der Waals surface area contributed by atoms with Crippen LogP contribution >= 0.6 is 0 Å². The van der Waals surface area contributed by atoms with Crippen molar-refractivity contribution >= 4 is 0 Å². The summed E-state index contributed by atoms with van der Waals surface area (Å²) < 4.78 is 50.4. The van der Waals surface area contributed by atoms with Crippen LogP contribution in [0.3, 0.4) is 0 Å². The van der Waals surface area contributed by atoms with Crippen LogP contribution in [-0.4, -0.2) is 39.7 Å². The maximum absolute atomic E-state index is 14.1. The number of nitrogens with one attached hydrogen (secondary N) is 1. The van der Waals surface area contributed by atoms with Gasteiger partial charge in [0, 0.05) is 30.1 Å². The number of rotatable bonds is 6. The van der Waals surface area contributed by atoms with E-state index < -0.39 is 17.6 Å². The molecule has 0 radical (unpaired) electrons. The molecule has 8 heteroatoms. The van der Waals surface area contributed by atoms with Gasteiger partial charge in [0.05, 0.1) is 28.8 Å². The van der Waals surface area contributed by atoms with Crippen molar-refractivity contribution in [2.24, 2.45) is 11.3 Å². The summed E-state index contributed by atoms with van der Waals surface area (Å²) in [7, 11) is 0. The average molecular weight is 489 g/mol. The van der Waals surface area contributed by atoms with Gasteiger partial charge in [-0.05, 0) is 75.6 Å². The molecular weight excluding hydrogens is 453 g/mol. The number of hydrogen-bond donors (Lipinski definition) is 1. The summed E-state index contributed by atoms with van der Waals surface area (Å²) in [5.41, 5.74) is 0.230. The molecule has 2 aromatic heterocycles. The van der Waals surface area contributed by atoms with E-state index in [1.165, 1.54) is 12.8 Å². The van der Waals surface area contributed by atoms with E-state index in [4.69, 9.17) is 9.72 Å². The van der Waals surface area contributed by atoms with Gasteiger partial charge in [0.1, 0.15) is 0 Å². The molecule has 4 heterocycles. The number of ether oxygens (including phenoxy) is 1. The van der Waals surface area contributed by atoms with Crippen LogP contribution in [0.5, 0.6) is 0 Å². The quantitative estimate of drug-likeness (QED) is 0.551. The van der Waals surface area contributed by atoms with Gasteiger partial charge in [0.25, 0.3) is 0 Å². The van der Waals surface area contributed by atoms with Crippen LogP contribution in [0.1, 0.15) is 88.2 Å². The highest BCUT2D eigenvalue weighted by Gasteiger charge is 2.73. The fourth-order valence-electron chi connectivity index (χ4n) is 7.70. The lowest BCUT2D eigenvalue weighted by atomic mass is 9.68. The first kappa shape index (κ1) is 23.5. The van der Waals surface area contributed by atoms with Crippen LogP contribution in [0.25, 0.3) is 0 Å². The van der Waals surface area contributed by atoms with Crippen LogP contribution < -0.4 is 5.32 Å². The van der Waals surface area contributed by atoms with E-state index in [0.717, 1.165) is 56.6 Å². The van der Waals surface area contributed by atoms with E-state index in [0.29, 0.717) is 6.42 Å². The minimum absolute atomic E-state index is 0.0476. The van der Waals surface area contributed by atoms with Crippen molar-refractivity contribution in [3.63, 3.8) is 0 Å². The molecule has 0 amide bonds. The van der Waals surface area contributed by atoms with Crippen LogP contribution in [0.15, 0.2) is 36.7 Å². The third-order valence-electron chi connectivity index (χ3n) is 9.66. The minimum atomic E-state index is -4.21. The van der Waals surface area contributed by atoms with Crippen LogP contribution in [0.4, 0.5) is 13.2 Å². The summed E-state index contributed by atoms with van der Waals surface area (Å²) in [6.45, 7) is 3.18. The van der Waals surface area contributed by atoms with Gasteiger partial charge in [-0.15, -0.1) is 0 Å². The molecule has 6 rings (SSSR count). The molecule has 1 N–H and O–H groups in total. The normalized spacial score (nSPS) is 35.9. The first-order valence-corrected chi connectivity index (χ1v) is 13.2. The first-order chi connectivity index (χ1) is 16.8. The summed E-state index contributed by atoms with van der Waals surface area (Å²) >= 11 is 0. The topological polar surface area (TPSA) is 52.0 Å². The number of fused-ring (bicyclic) bond motifs is 1. The molecule has 1 spiro atoms. The Morgan fingerprint density at radius 2 is 1.94 bits per heavy atom. The Balaban J connectivity index is 1.20. The highest BCUT2D eigenvalue weighted by atomic mass is 19.4. The molecular formula is C27H35F3N4O. The Hall–Kier alpha value is -1.93. The lowest BCUT2D eigenvalue weighted by Crippen LogP contribution is -2.47. The zero-order valence-electron chi connectivity index (χ0n) is 20.4. The second-order valence-electron chi connectivity index (χ2n) is 11.5. The van der Waals surface area contributed by atoms with E-state index in [2.05, 4.69) is 22.5 Å². The van der Waals surface area contributed by atoms with Crippen LogP contribution in [0.2, 0.25) is 0 Å². The van der Waals surface area contributed by atoms with Crippen molar-refractivity contribution in [1.82, 2.24) is 20.1 Å². The summed E-state index contributed by atoms with van der Waals surface area (Å²) in [6.07, 6.45) is 7.36. The Bertz CT molecular complexity index is 1050. The maximum atomic E-state index is 14.1. The summed E-state index contributed by atoms with van der Waals surface area (Å²) in [5.74, 6) is -0.361. The van der Waals surface area contributed by atoms with Crippen molar-refractivity contribution in [3.05, 3.63) is 48.0 Å². The molecule has 2 saturated carbocycles. The smallest absolute Gasteiger partial charge is 0.375 e. The number of halogens is 3. The molecule has 5 nitrogen and oxygen atoms in total. The fourth-order valence-corrected chi connectivity index (χ4v) is 7.70. The summed E-state index contributed by atoms with van der Waals surface area (Å²) in [5, 5.41) is 7.98. The van der Waals surface area contributed by atoms with Crippen LogP contribution in [-0.2, 0) is 10.2 Å². The highest BCUT2D eigenvalue weighted by molar-refractivity contribution is 5.23.